The van der Waals surface area contributed by atoms with E-state index in [9.17, 15) is 19.3 Å². The van der Waals surface area contributed by atoms with E-state index in [-0.39, 0.29) is 23.3 Å². The van der Waals surface area contributed by atoms with Gasteiger partial charge in [0.25, 0.3) is 5.69 Å². The lowest BCUT2D eigenvalue weighted by atomic mass is 9.86. The molecule has 5 heteroatoms. The summed E-state index contributed by atoms with van der Waals surface area (Å²) in [4.78, 5) is 21.5. The van der Waals surface area contributed by atoms with Gasteiger partial charge in [-0.05, 0) is 30.9 Å². The molecule has 1 rings (SSSR count). The van der Waals surface area contributed by atoms with Crippen LogP contribution < -0.4 is 0 Å². The molecule has 1 unspecified atom stereocenters. The van der Waals surface area contributed by atoms with Gasteiger partial charge in [0.15, 0.2) is 0 Å². The van der Waals surface area contributed by atoms with Crippen molar-refractivity contribution >= 4 is 11.5 Å². The van der Waals surface area contributed by atoms with E-state index in [1.165, 1.54) is 19.1 Å². The van der Waals surface area contributed by atoms with Gasteiger partial charge >= 0.3 is 0 Å². The molecule has 0 heterocycles. The Labute approximate surface area is 105 Å². The monoisotopic (exact) mass is 253 g/mol. The molecule has 0 aliphatic rings. The number of nitro benzene ring substituents is 1. The maximum Gasteiger partial charge on any atom is 0.272 e. The zero-order valence-electron chi connectivity index (χ0n) is 10.6. The molecule has 0 bridgehead atoms. The van der Waals surface area contributed by atoms with Crippen LogP contribution >= 0.6 is 0 Å². The fourth-order valence-corrected chi connectivity index (χ4v) is 1.96. The molecular weight excluding hydrogens is 237 g/mol. The maximum atomic E-state index is 13.3. The highest BCUT2D eigenvalue weighted by molar-refractivity contribution is 5.78. The lowest BCUT2D eigenvalue weighted by molar-refractivity contribution is -0.385. The summed E-state index contributed by atoms with van der Waals surface area (Å²) in [6, 6.07) is 3.44. The second-order valence-electron chi connectivity index (χ2n) is 4.74. The van der Waals surface area contributed by atoms with Gasteiger partial charge < -0.3 is 0 Å². The smallest absolute Gasteiger partial charge is 0.272 e. The number of nitrogens with zero attached hydrogens (tertiary/aromatic N) is 1. The predicted molar refractivity (Wildman–Crippen MR) is 65.8 cm³/mol. The second-order valence-corrected chi connectivity index (χ2v) is 4.74. The Bertz CT molecular complexity index is 471. The molecule has 4 nitrogen and oxygen atoms in total. The molecule has 1 aromatic carbocycles. The highest BCUT2D eigenvalue weighted by Gasteiger charge is 2.20. The standard InChI is InChI=1S/C13H16FNO3/c1-8(2)13(9(3)16)6-10-4-11(14)7-12(5-10)15(17)18/h4-5,7-8,13H,6H2,1-3H3. The van der Waals surface area contributed by atoms with Gasteiger partial charge in [-0.3, -0.25) is 14.9 Å². The van der Waals surface area contributed by atoms with Crippen LogP contribution in [0.15, 0.2) is 18.2 Å². The molecule has 0 N–H and O–H groups in total. The van der Waals surface area contributed by atoms with Crippen LogP contribution in [0.1, 0.15) is 26.3 Å². The molecule has 0 aliphatic heterocycles. The van der Waals surface area contributed by atoms with E-state index in [2.05, 4.69) is 0 Å². The van der Waals surface area contributed by atoms with Crippen molar-refractivity contribution in [2.75, 3.05) is 0 Å². The number of hydrogen-bond donors (Lipinski definition) is 0. The van der Waals surface area contributed by atoms with E-state index in [4.69, 9.17) is 0 Å². The number of non-ortho nitro benzene ring substituents is 1. The van der Waals surface area contributed by atoms with E-state index in [0.29, 0.717) is 12.0 Å². The molecule has 1 atom stereocenters. The highest BCUT2D eigenvalue weighted by Crippen LogP contribution is 2.22. The molecule has 0 amide bonds. The molecule has 1 aromatic rings. The fourth-order valence-electron chi connectivity index (χ4n) is 1.96. The maximum absolute atomic E-state index is 13.3. The molecule has 0 aliphatic carbocycles. The van der Waals surface area contributed by atoms with E-state index in [1.807, 2.05) is 13.8 Å². The minimum atomic E-state index is -0.648. The number of rotatable bonds is 5. The quantitative estimate of drug-likeness (QED) is 0.598. The molecule has 0 saturated carbocycles. The molecular formula is C13H16FNO3. The minimum absolute atomic E-state index is 0.0110. The minimum Gasteiger partial charge on any atom is -0.300 e. The number of benzene rings is 1. The largest absolute Gasteiger partial charge is 0.300 e. The second kappa shape index (κ2) is 5.71. The Kier molecular flexibility index (Phi) is 4.53. The van der Waals surface area contributed by atoms with Crippen LogP contribution in [0.3, 0.4) is 0 Å². The first-order chi connectivity index (χ1) is 8.31. The van der Waals surface area contributed by atoms with Gasteiger partial charge in [-0.15, -0.1) is 0 Å². The van der Waals surface area contributed by atoms with Gasteiger partial charge in [0.1, 0.15) is 11.6 Å². The number of carbonyl (C=O) groups is 1. The van der Waals surface area contributed by atoms with Gasteiger partial charge in [0.05, 0.1) is 11.0 Å². The van der Waals surface area contributed by atoms with Gasteiger partial charge in [0.2, 0.25) is 0 Å². The lowest BCUT2D eigenvalue weighted by Gasteiger charge is -2.17. The average Bonchev–Trinajstić information content (AvgIpc) is 2.24. The predicted octanol–water partition coefficient (Wildman–Crippen LogP) is 3.14. The van der Waals surface area contributed by atoms with Gasteiger partial charge in [-0.25, -0.2) is 4.39 Å². The van der Waals surface area contributed by atoms with Crippen LogP contribution in [-0.4, -0.2) is 10.7 Å². The van der Waals surface area contributed by atoms with Crippen molar-refractivity contribution in [1.82, 2.24) is 0 Å². The van der Waals surface area contributed by atoms with Crippen LogP contribution in [-0.2, 0) is 11.2 Å². The Morgan fingerprint density at radius 3 is 2.44 bits per heavy atom. The third-order valence-corrected chi connectivity index (χ3v) is 2.94. The van der Waals surface area contributed by atoms with Crippen molar-refractivity contribution in [3.63, 3.8) is 0 Å². The summed E-state index contributed by atoms with van der Waals surface area (Å²) in [5, 5.41) is 10.6. The molecule has 0 radical (unpaired) electrons. The van der Waals surface area contributed by atoms with Crippen LogP contribution in [0, 0.1) is 27.8 Å². The number of Topliss-reactive ketones (excluding diaryl/α,β-unsaturated/α-hetero) is 1. The Morgan fingerprint density at radius 2 is 2.00 bits per heavy atom. The normalized spacial score (nSPS) is 12.5. The van der Waals surface area contributed by atoms with Crippen LogP contribution in [0.2, 0.25) is 0 Å². The van der Waals surface area contributed by atoms with Crippen molar-refractivity contribution in [2.24, 2.45) is 11.8 Å². The van der Waals surface area contributed by atoms with E-state index in [0.717, 1.165) is 6.07 Å². The molecule has 18 heavy (non-hydrogen) atoms. The highest BCUT2D eigenvalue weighted by atomic mass is 19.1. The Balaban J connectivity index is 3.03. The molecule has 98 valence electrons. The van der Waals surface area contributed by atoms with Crippen LogP contribution in [0.5, 0.6) is 0 Å². The van der Waals surface area contributed by atoms with E-state index in [1.54, 1.807) is 0 Å². The average molecular weight is 253 g/mol. The number of hydrogen-bond acceptors (Lipinski definition) is 3. The number of carbonyl (C=O) groups excluding carboxylic acids is 1. The van der Waals surface area contributed by atoms with E-state index >= 15 is 0 Å². The van der Waals surface area contributed by atoms with Crippen molar-refractivity contribution in [2.45, 2.75) is 27.2 Å². The first-order valence-corrected chi connectivity index (χ1v) is 5.75. The summed E-state index contributed by atoms with van der Waals surface area (Å²) < 4.78 is 13.3. The number of halogens is 1. The molecule has 0 spiro atoms. The Hall–Kier alpha value is -1.78. The van der Waals surface area contributed by atoms with Gasteiger partial charge in [-0.2, -0.15) is 0 Å². The summed E-state index contributed by atoms with van der Waals surface area (Å²) in [6.45, 7) is 5.29. The topological polar surface area (TPSA) is 60.2 Å². The first kappa shape index (κ1) is 14.3. The zero-order valence-corrected chi connectivity index (χ0v) is 10.6. The number of nitro groups is 1. The molecule has 0 aromatic heterocycles. The van der Waals surface area contributed by atoms with Crippen LogP contribution in [0.4, 0.5) is 10.1 Å². The van der Waals surface area contributed by atoms with Gasteiger partial charge in [-0.1, -0.05) is 13.8 Å². The van der Waals surface area contributed by atoms with Gasteiger partial charge in [0, 0.05) is 12.0 Å². The summed E-state index contributed by atoms with van der Waals surface area (Å²) in [7, 11) is 0. The van der Waals surface area contributed by atoms with Crippen LogP contribution in [0.25, 0.3) is 0 Å². The fraction of sp³-hybridized carbons (Fsp3) is 0.462. The van der Waals surface area contributed by atoms with E-state index < -0.39 is 10.7 Å². The summed E-state index contributed by atoms with van der Waals surface area (Å²) >= 11 is 0. The van der Waals surface area contributed by atoms with Crippen molar-refractivity contribution in [1.29, 1.82) is 0 Å². The van der Waals surface area contributed by atoms with Crippen molar-refractivity contribution < 1.29 is 14.1 Å². The molecule has 0 fully saturated rings. The summed E-state index contributed by atoms with van der Waals surface area (Å²) in [6.07, 6.45) is 0.325. The third kappa shape index (κ3) is 3.61. The SMILES string of the molecule is CC(=O)C(Cc1cc(F)cc([N+](=O)[O-])c1)C(C)C. The van der Waals surface area contributed by atoms with Crippen molar-refractivity contribution in [3.05, 3.63) is 39.7 Å². The lowest BCUT2D eigenvalue weighted by Crippen LogP contribution is -2.20. The number of ketones is 1. The first-order valence-electron chi connectivity index (χ1n) is 5.75. The Morgan fingerprint density at radius 1 is 1.39 bits per heavy atom. The summed E-state index contributed by atoms with van der Waals surface area (Å²) in [5.41, 5.74) is 0.201. The zero-order chi connectivity index (χ0) is 13.9. The molecule has 0 saturated heterocycles. The third-order valence-electron chi connectivity index (χ3n) is 2.94. The summed E-state index contributed by atoms with van der Waals surface area (Å²) in [5.74, 6) is -0.765. The van der Waals surface area contributed by atoms with Crippen molar-refractivity contribution in [3.8, 4) is 0 Å².